The van der Waals surface area contributed by atoms with Crippen molar-refractivity contribution >= 4 is 11.9 Å². The van der Waals surface area contributed by atoms with E-state index >= 15 is 0 Å². The zero-order valence-electron chi connectivity index (χ0n) is 18.8. The highest BCUT2D eigenvalue weighted by Gasteiger charge is 2.40. The second-order valence-corrected chi connectivity index (χ2v) is 11.1. The molecule has 0 atom stereocenters. The van der Waals surface area contributed by atoms with Crippen LogP contribution in [-0.2, 0) is 19.1 Å². The molecule has 0 saturated carbocycles. The van der Waals surface area contributed by atoms with Gasteiger partial charge in [-0.1, -0.05) is 0 Å². The van der Waals surface area contributed by atoms with Crippen LogP contribution in [0, 0.1) is 0 Å². The summed E-state index contributed by atoms with van der Waals surface area (Å²) in [7, 11) is 0. The van der Waals surface area contributed by atoms with Crippen LogP contribution in [0.5, 0.6) is 0 Å². The fourth-order valence-corrected chi connectivity index (χ4v) is 5.17. The third-order valence-corrected chi connectivity index (χ3v) is 5.23. The molecular weight excluding hydrogens is 356 g/mol. The van der Waals surface area contributed by atoms with Gasteiger partial charge in [-0.3, -0.25) is 0 Å². The van der Waals surface area contributed by atoms with Gasteiger partial charge in [-0.25, -0.2) is 9.59 Å². The number of ether oxygens (including phenoxy) is 2. The van der Waals surface area contributed by atoms with Gasteiger partial charge >= 0.3 is 11.9 Å². The first-order valence-electron chi connectivity index (χ1n) is 10.2. The predicted molar refractivity (Wildman–Crippen MR) is 110 cm³/mol. The molecule has 6 heteroatoms. The second-order valence-electron chi connectivity index (χ2n) is 11.1. The van der Waals surface area contributed by atoms with E-state index < -0.39 is 11.9 Å². The van der Waals surface area contributed by atoms with Crippen molar-refractivity contribution in [3.63, 3.8) is 0 Å². The Morgan fingerprint density at radius 2 is 0.893 bits per heavy atom. The summed E-state index contributed by atoms with van der Waals surface area (Å²) in [5.41, 5.74) is -0.429. The van der Waals surface area contributed by atoms with Gasteiger partial charge in [0.05, 0.1) is 0 Å². The fraction of sp³-hybridized carbons (Fsp3) is 0.818. The number of esters is 2. The van der Waals surface area contributed by atoms with E-state index in [9.17, 15) is 9.59 Å². The Bertz CT molecular complexity index is 548. The number of carbonyl (C=O) groups excluding carboxylic acids is 2. The van der Waals surface area contributed by atoms with E-state index in [1.54, 1.807) is 0 Å². The van der Waals surface area contributed by atoms with Crippen molar-refractivity contribution in [3.05, 3.63) is 12.2 Å². The molecule has 0 aliphatic carbocycles. The van der Waals surface area contributed by atoms with Crippen LogP contribution in [0.4, 0.5) is 0 Å². The van der Waals surface area contributed by atoms with E-state index in [1.807, 2.05) is 0 Å². The summed E-state index contributed by atoms with van der Waals surface area (Å²) in [5.74, 6) is -0.997. The second kappa shape index (κ2) is 7.79. The van der Waals surface area contributed by atoms with Gasteiger partial charge in [0, 0.05) is 60.0 Å². The van der Waals surface area contributed by atoms with E-state index in [0.29, 0.717) is 0 Å². The molecule has 0 radical (unpaired) electrons. The number of carbonyl (C=O) groups is 2. The third-order valence-electron chi connectivity index (χ3n) is 5.23. The highest BCUT2D eigenvalue weighted by atomic mass is 16.5. The molecule has 0 aromatic carbocycles. The summed E-state index contributed by atoms with van der Waals surface area (Å²) in [6, 6.07) is 0. The van der Waals surface area contributed by atoms with Gasteiger partial charge in [0.25, 0.3) is 0 Å². The zero-order valence-corrected chi connectivity index (χ0v) is 18.8. The minimum atomic E-state index is -0.499. The molecule has 2 heterocycles. The van der Waals surface area contributed by atoms with Crippen molar-refractivity contribution in [2.75, 3.05) is 0 Å². The van der Waals surface area contributed by atoms with E-state index in [-0.39, 0.29) is 34.4 Å². The number of hydrogen-bond donors (Lipinski definition) is 2. The molecule has 2 rings (SSSR count). The Morgan fingerprint density at radius 1 is 0.643 bits per heavy atom. The number of rotatable bonds is 4. The lowest BCUT2D eigenvalue weighted by Crippen LogP contribution is -2.59. The first-order chi connectivity index (χ1) is 12.6. The summed E-state index contributed by atoms with van der Waals surface area (Å²) in [6.07, 6.45) is 4.96. The molecule has 2 aliphatic heterocycles. The molecule has 0 aromatic heterocycles. The van der Waals surface area contributed by atoms with E-state index in [2.05, 4.69) is 66.0 Å². The molecule has 0 bridgehead atoms. The first kappa shape index (κ1) is 22.9. The maximum absolute atomic E-state index is 12.2. The molecule has 6 nitrogen and oxygen atoms in total. The van der Waals surface area contributed by atoms with Crippen LogP contribution in [0.15, 0.2) is 12.2 Å². The number of hydrogen-bond acceptors (Lipinski definition) is 6. The quantitative estimate of drug-likeness (QED) is 0.563. The first-order valence-corrected chi connectivity index (χ1v) is 10.2. The SMILES string of the molecule is CC1(C)CC(OC(=O)C=CC(=O)OC2CC(C)(C)NC(C)(C)C2)CC(C)(C)N1. The van der Waals surface area contributed by atoms with Crippen molar-refractivity contribution < 1.29 is 19.1 Å². The predicted octanol–water partition coefficient (Wildman–Crippen LogP) is 3.25. The van der Waals surface area contributed by atoms with Crippen LogP contribution >= 0.6 is 0 Å². The van der Waals surface area contributed by atoms with E-state index in [0.717, 1.165) is 25.7 Å². The summed E-state index contributed by atoms with van der Waals surface area (Å²) in [6.45, 7) is 16.8. The largest absolute Gasteiger partial charge is 0.459 e. The lowest BCUT2D eigenvalue weighted by atomic mass is 9.81. The molecule has 2 saturated heterocycles. The minimum Gasteiger partial charge on any atom is -0.459 e. The molecule has 2 fully saturated rings. The van der Waals surface area contributed by atoms with Crippen molar-refractivity contribution in [3.8, 4) is 0 Å². The fourth-order valence-electron chi connectivity index (χ4n) is 5.17. The van der Waals surface area contributed by atoms with Crippen LogP contribution in [-0.4, -0.2) is 46.3 Å². The van der Waals surface area contributed by atoms with Gasteiger partial charge < -0.3 is 20.1 Å². The van der Waals surface area contributed by atoms with Gasteiger partial charge in [-0.2, -0.15) is 0 Å². The highest BCUT2D eigenvalue weighted by molar-refractivity contribution is 5.91. The third kappa shape index (κ3) is 7.21. The van der Waals surface area contributed by atoms with Crippen LogP contribution in [0.25, 0.3) is 0 Å². The van der Waals surface area contributed by atoms with Gasteiger partial charge in [0.15, 0.2) is 0 Å². The van der Waals surface area contributed by atoms with Gasteiger partial charge in [-0.15, -0.1) is 0 Å². The molecular formula is C22H38N2O4. The molecule has 0 aromatic rings. The average Bonchev–Trinajstić information content (AvgIpc) is 2.37. The van der Waals surface area contributed by atoms with Crippen LogP contribution in [0.2, 0.25) is 0 Å². The Kier molecular flexibility index (Phi) is 6.37. The molecule has 0 unspecified atom stereocenters. The Balaban J connectivity index is 1.87. The van der Waals surface area contributed by atoms with Crippen LogP contribution in [0.3, 0.4) is 0 Å². The normalized spacial score (nSPS) is 26.7. The van der Waals surface area contributed by atoms with Gasteiger partial charge in [0.1, 0.15) is 12.2 Å². The van der Waals surface area contributed by atoms with Crippen LogP contribution in [0.1, 0.15) is 81.1 Å². The minimum absolute atomic E-state index is 0.107. The van der Waals surface area contributed by atoms with Crippen molar-refractivity contribution in [2.45, 2.75) is 115 Å². The lowest BCUT2D eigenvalue weighted by Gasteiger charge is -2.46. The molecule has 0 amide bonds. The maximum Gasteiger partial charge on any atom is 0.331 e. The maximum atomic E-state index is 12.2. The summed E-state index contributed by atoms with van der Waals surface area (Å²) >= 11 is 0. The van der Waals surface area contributed by atoms with Gasteiger partial charge in [-0.05, 0) is 55.4 Å². The Hall–Kier alpha value is -1.40. The smallest absolute Gasteiger partial charge is 0.331 e. The molecule has 28 heavy (non-hydrogen) atoms. The monoisotopic (exact) mass is 394 g/mol. The van der Waals surface area contributed by atoms with E-state index in [1.165, 1.54) is 12.2 Å². The van der Waals surface area contributed by atoms with E-state index in [4.69, 9.17) is 9.47 Å². The highest BCUT2D eigenvalue weighted by Crippen LogP contribution is 2.31. The van der Waals surface area contributed by atoms with Crippen LogP contribution < -0.4 is 10.6 Å². The molecule has 2 aliphatic rings. The van der Waals surface area contributed by atoms with Crippen molar-refractivity contribution in [1.29, 1.82) is 0 Å². The Labute approximate surface area is 169 Å². The Morgan fingerprint density at radius 3 is 1.14 bits per heavy atom. The average molecular weight is 395 g/mol. The molecule has 0 spiro atoms. The summed E-state index contributed by atoms with van der Waals surface area (Å²) in [4.78, 5) is 24.4. The topological polar surface area (TPSA) is 76.7 Å². The summed E-state index contributed by atoms with van der Waals surface area (Å²) < 4.78 is 11.2. The van der Waals surface area contributed by atoms with Gasteiger partial charge in [0.2, 0.25) is 0 Å². The van der Waals surface area contributed by atoms with Crippen molar-refractivity contribution in [2.24, 2.45) is 0 Å². The van der Waals surface area contributed by atoms with Crippen molar-refractivity contribution in [1.82, 2.24) is 10.6 Å². The summed E-state index contributed by atoms with van der Waals surface area (Å²) in [5, 5.41) is 7.11. The number of nitrogens with one attached hydrogen (secondary N) is 2. The lowest BCUT2D eigenvalue weighted by molar-refractivity contribution is -0.150. The number of piperidine rings is 2. The zero-order chi connectivity index (χ0) is 21.4. The molecule has 2 N–H and O–H groups in total. The molecule has 160 valence electrons. The standard InChI is InChI=1S/C22H38N2O4/c1-19(2)11-15(12-20(3,4)23-19)27-17(25)9-10-18(26)28-16-13-21(5,6)24-22(7,8)14-16/h9-10,15-16,23-24H,11-14H2,1-8H3.